The minimum Gasteiger partial charge on any atom is -0.492 e. The second-order valence-corrected chi connectivity index (χ2v) is 8.75. The van der Waals surface area contributed by atoms with E-state index in [1.807, 2.05) is 43.3 Å². The molecule has 0 bridgehead atoms. The highest BCUT2D eigenvalue weighted by molar-refractivity contribution is 7.16. The molecule has 0 radical (unpaired) electrons. The Kier molecular flexibility index (Phi) is 6.33. The number of para-hydroxylation sites is 2. The Morgan fingerprint density at radius 1 is 1.23 bits per heavy atom. The van der Waals surface area contributed by atoms with E-state index in [4.69, 9.17) is 4.74 Å². The van der Waals surface area contributed by atoms with Crippen LogP contribution >= 0.6 is 11.3 Å². The quantitative estimate of drug-likeness (QED) is 0.526. The van der Waals surface area contributed by atoms with E-state index in [0.29, 0.717) is 30.5 Å². The van der Waals surface area contributed by atoms with Crippen molar-refractivity contribution < 1.29 is 9.53 Å². The van der Waals surface area contributed by atoms with Crippen molar-refractivity contribution in [1.82, 2.24) is 4.98 Å². The Morgan fingerprint density at radius 2 is 2.03 bits per heavy atom. The highest BCUT2D eigenvalue weighted by atomic mass is 32.1. The lowest BCUT2D eigenvalue weighted by Gasteiger charge is -2.19. The van der Waals surface area contributed by atoms with E-state index in [0.717, 1.165) is 35.4 Å². The summed E-state index contributed by atoms with van der Waals surface area (Å²) < 4.78 is 5.68. The number of rotatable bonds is 7. The van der Waals surface area contributed by atoms with Gasteiger partial charge in [0.25, 0.3) is 5.91 Å². The zero-order valence-electron chi connectivity index (χ0n) is 17.4. The highest BCUT2D eigenvalue weighted by Gasteiger charge is 2.28. The molecule has 1 aromatic carbocycles. The van der Waals surface area contributed by atoms with Crippen LogP contribution in [0.15, 0.2) is 48.8 Å². The Morgan fingerprint density at radius 3 is 2.83 bits per heavy atom. The molecule has 0 unspecified atom stereocenters. The summed E-state index contributed by atoms with van der Waals surface area (Å²) in [5.41, 5.74) is 3.82. The third-order valence-electron chi connectivity index (χ3n) is 5.38. The maximum absolute atomic E-state index is 13.4. The van der Waals surface area contributed by atoms with Gasteiger partial charge in [-0.25, -0.2) is 0 Å². The van der Waals surface area contributed by atoms with Crippen LogP contribution in [0, 0.1) is 5.92 Å². The maximum atomic E-state index is 13.4. The number of pyridine rings is 1. The van der Waals surface area contributed by atoms with Crippen molar-refractivity contribution in [3.8, 4) is 5.75 Å². The van der Waals surface area contributed by atoms with Crippen LogP contribution in [0.2, 0.25) is 0 Å². The fourth-order valence-corrected chi connectivity index (χ4v) is 5.24. The third-order valence-corrected chi connectivity index (χ3v) is 6.59. The summed E-state index contributed by atoms with van der Waals surface area (Å²) in [5, 5.41) is 7.54. The molecular weight excluding hydrogens is 394 g/mol. The van der Waals surface area contributed by atoms with Crippen molar-refractivity contribution in [2.24, 2.45) is 5.92 Å². The topological polar surface area (TPSA) is 63.2 Å². The average Bonchev–Trinajstić information content (AvgIpc) is 3.12. The van der Waals surface area contributed by atoms with Crippen molar-refractivity contribution in [3.05, 3.63) is 70.4 Å². The van der Waals surface area contributed by atoms with Crippen molar-refractivity contribution in [2.45, 2.75) is 39.7 Å². The number of amides is 1. The standard InChI is InChI=1S/C24H27N3O2S/c1-3-29-20-7-5-4-6-19(20)27-23(28)22-18-9-8-16(2)14-21(18)30-24(22)26-15-17-10-12-25-13-11-17/h4-7,10-13,16,26H,3,8-9,14-15H2,1-2H3,(H,27,28)/t16-/m0/s1. The van der Waals surface area contributed by atoms with E-state index in [1.54, 1.807) is 23.7 Å². The number of aromatic nitrogens is 1. The van der Waals surface area contributed by atoms with Crippen LogP contribution in [-0.2, 0) is 19.4 Å². The second kappa shape index (κ2) is 9.30. The molecule has 6 heteroatoms. The summed E-state index contributed by atoms with van der Waals surface area (Å²) in [6, 6.07) is 11.6. The summed E-state index contributed by atoms with van der Waals surface area (Å²) in [5.74, 6) is 1.27. The number of hydrogen-bond donors (Lipinski definition) is 2. The van der Waals surface area contributed by atoms with E-state index in [9.17, 15) is 4.79 Å². The van der Waals surface area contributed by atoms with Gasteiger partial charge in [-0.3, -0.25) is 9.78 Å². The predicted molar refractivity (Wildman–Crippen MR) is 123 cm³/mol. The molecule has 3 aromatic rings. The van der Waals surface area contributed by atoms with Crippen LogP contribution in [-0.4, -0.2) is 17.5 Å². The Labute approximate surface area is 181 Å². The predicted octanol–water partition coefficient (Wildman–Crippen LogP) is 5.53. The van der Waals surface area contributed by atoms with Crippen LogP contribution in [0.4, 0.5) is 10.7 Å². The first-order valence-corrected chi connectivity index (χ1v) is 11.3. The smallest absolute Gasteiger partial charge is 0.259 e. The van der Waals surface area contributed by atoms with Gasteiger partial charge in [-0.05, 0) is 67.5 Å². The van der Waals surface area contributed by atoms with Crippen molar-refractivity contribution >= 4 is 27.9 Å². The first kappa shape index (κ1) is 20.4. The molecule has 0 saturated carbocycles. The van der Waals surface area contributed by atoms with Crippen molar-refractivity contribution in [1.29, 1.82) is 0 Å². The summed E-state index contributed by atoms with van der Waals surface area (Å²) in [6.45, 7) is 5.44. The second-order valence-electron chi connectivity index (χ2n) is 7.65. The first-order valence-electron chi connectivity index (χ1n) is 10.5. The van der Waals surface area contributed by atoms with E-state index >= 15 is 0 Å². The monoisotopic (exact) mass is 421 g/mol. The molecule has 2 aromatic heterocycles. The molecule has 1 atom stereocenters. The normalized spacial score (nSPS) is 15.3. The van der Waals surface area contributed by atoms with Gasteiger partial charge in [0, 0.05) is 23.8 Å². The molecule has 4 rings (SSSR count). The number of nitrogens with one attached hydrogen (secondary N) is 2. The maximum Gasteiger partial charge on any atom is 0.259 e. The molecule has 2 heterocycles. The van der Waals surface area contributed by atoms with Gasteiger partial charge < -0.3 is 15.4 Å². The van der Waals surface area contributed by atoms with Gasteiger partial charge in [-0.2, -0.15) is 0 Å². The molecule has 0 aliphatic heterocycles. The van der Waals surface area contributed by atoms with Crippen molar-refractivity contribution in [3.63, 3.8) is 0 Å². The average molecular weight is 422 g/mol. The zero-order chi connectivity index (χ0) is 20.9. The largest absolute Gasteiger partial charge is 0.492 e. The fourth-order valence-electron chi connectivity index (χ4n) is 3.83. The van der Waals surface area contributed by atoms with Gasteiger partial charge in [-0.15, -0.1) is 11.3 Å². The number of fused-ring (bicyclic) bond motifs is 1. The van der Waals surface area contributed by atoms with E-state index in [1.165, 1.54) is 10.4 Å². The molecule has 30 heavy (non-hydrogen) atoms. The summed E-state index contributed by atoms with van der Waals surface area (Å²) in [6.07, 6.45) is 6.67. The molecule has 0 fully saturated rings. The fraction of sp³-hybridized carbons (Fsp3) is 0.333. The van der Waals surface area contributed by atoms with E-state index in [2.05, 4.69) is 22.5 Å². The number of anilines is 2. The summed E-state index contributed by atoms with van der Waals surface area (Å²) in [7, 11) is 0. The summed E-state index contributed by atoms with van der Waals surface area (Å²) in [4.78, 5) is 18.8. The highest BCUT2D eigenvalue weighted by Crippen LogP contribution is 2.40. The lowest BCUT2D eigenvalue weighted by molar-refractivity contribution is 0.102. The number of ether oxygens (including phenoxy) is 1. The lowest BCUT2D eigenvalue weighted by atomic mass is 9.88. The Hall–Kier alpha value is -2.86. The van der Waals surface area contributed by atoms with Gasteiger partial charge in [0.15, 0.2) is 0 Å². The van der Waals surface area contributed by atoms with Gasteiger partial charge in [0.2, 0.25) is 0 Å². The molecule has 0 spiro atoms. The molecule has 2 N–H and O–H groups in total. The van der Waals surface area contributed by atoms with Crippen LogP contribution < -0.4 is 15.4 Å². The molecule has 1 aliphatic carbocycles. The zero-order valence-corrected chi connectivity index (χ0v) is 18.2. The molecule has 1 aliphatic rings. The van der Waals surface area contributed by atoms with Crippen molar-refractivity contribution in [2.75, 3.05) is 17.2 Å². The number of hydrogen-bond acceptors (Lipinski definition) is 5. The van der Waals surface area contributed by atoms with E-state index in [-0.39, 0.29) is 5.91 Å². The van der Waals surface area contributed by atoms with Crippen LogP contribution in [0.1, 0.15) is 46.6 Å². The molecule has 156 valence electrons. The van der Waals surface area contributed by atoms with Gasteiger partial charge in [0.05, 0.1) is 17.9 Å². The molecule has 5 nitrogen and oxygen atoms in total. The lowest BCUT2D eigenvalue weighted by Crippen LogP contribution is -2.18. The van der Waals surface area contributed by atoms with E-state index < -0.39 is 0 Å². The van der Waals surface area contributed by atoms with Gasteiger partial charge >= 0.3 is 0 Å². The minimum absolute atomic E-state index is 0.0774. The minimum atomic E-state index is -0.0774. The number of nitrogens with zero attached hydrogens (tertiary/aromatic N) is 1. The molecule has 1 amide bonds. The number of thiophene rings is 1. The number of carbonyl (C=O) groups is 1. The Balaban J connectivity index is 1.63. The van der Waals surface area contributed by atoms with Crippen LogP contribution in [0.25, 0.3) is 0 Å². The third kappa shape index (κ3) is 4.49. The van der Waals surface area contributed by atoms with Gasteiger partial charge in [-0.1, -0.05) is 19.1 Å². The SMILES string of the molecule is CCOc1ccccc1NC(=O)c1c(NCc2ccncc2)sc2c1CC[C@H](C)C2. The molecular formula is C24H27N3O2S. The molecule has 0 saturated heterocycles. The van der Waals surface area contributed by atoms with Crippen LogP contribution in [0.3, 0.4) is 0 Å². The first-order chi connectivity index (χ1) is 14.7. The van der Waals surface area contributed by atoms with Gasteiger partial charge in [0.1, 0.15) is 10.8 Å². The Bertz CT molecular complexity index is 1020. The summed E-state index contributed by atoms with van der Waals surface area (Å²) >= 11 is 1.72. The number of benzene rings is 1. The number of carbonyl (C=O) groups excluding carboxylic acids is 1. The van der Waals surface area contributed by atoms with Crippen LogP contribution in [0.5, 0.6) is 5.75 Å².